The highest BCUT2D eigenvalue weighted by Gasteiger charge is 2.27. The highest BCUT2D eigenvalue weighted by molar-refractivity contribution is 9.10. The summed E-state index contributed by atoms with van der Waals surface area (Å²) < 4.78 is 0.905. The van der Waals surface area contributed by atoms with E-state index in [9.17, 15) is 9.59 Å². The molecule has 1 saturated heterocycles. The number of carbonyl (C=O) groups excluding carboxylic acids is 2. The van der Waals surface area contributed by atoms with Gasteiger partial charge in [-0.2, -0.15) is 0 Å². The zero-order valence-electron chi connectivity index (χ0n) is 12.3. The SMILES string of the molecule is CCCNC(=O)C1CCN(C(=O)c2cccc(Br)c2)CC1. The van der Waals surface area contributed by atoms with Crippen molar-refractivity contribution in [2.24, 2.45) is 5.92 Å². The number of carbonyl (C=O) groups is 2. The number of nitrogens with one attached hydrogen (secondary N) is 1. The maximum atomic E-state index is 12.4. The molecule has 1 N–H and O–H groups in total. The summed E-state index contributed by atoms with van der Waals surface area (Å²) in [6.45, 7) is 4.07. The van der Waals surface area contributed by atoms with E-state index < -0.39 is 0 Å². The Balaban J connectivity index is 1.89. The van der Waals surface area contributed by atoms with Crippen LogP contribution in [0, 0.1) is 5.92 Å². The van der Waals surface area contributed by atoms with E-state index in [1.807, 2.05) is 36.1 Å². The lowest BCUT2D eigenvalue weighted by molar-refractivity contribution is -0.126. The van der Waals surface area contributed by atoms with Crippen LogP contribution in [0.4, 0.5) is 0 Å². The van der Waals surface area contributed by atoms with Crippen LogP contribution >= 0.6 is 15.9 Å². The average molecular weight is 353 g/mol. The molecule has 0 saturated carbocycles. The lowest BCUT2D eigenvalue weighted by Gasteiger charge is -2.31. The Morgan fingerprint density at radius 1 is 1.33 bits per heavy atom. The van der Waals surface area contributed by atoms with Crippen LogP contribution in [-0.2, 0) is 4.79 Å². The Labute approximate surface area is 134 Å². The number of hydrogen-bond donors (Lipinski definition) is 1. The van der Waals surface area contributed by atoms with Gasteiger partial charge in [-0.3, -0.25) is 9.59 Å². The van der Waals surface area contributed by atoms with Crippen LogP contribution in [0.2, 0.25) is 0 Å². The minimum absolute atomic E-state index is 0.0445. The van der Waals surface area contributed by atoms with Gasteiger partial charge >= 0.3 is 0 Å². The van der Waals surface area contributed by atoms with Crippen molar-refractivity contribution in [2.45, 2.75) is 26.2 Å². The number of amides is 2. The van der Waals surface area contributed by atoms with E-state index in [-0.39, 0.29) is 17.7 Å². The predicted octanol–water partition coefficient (Wildman–Crippen LogP) is 2.83. The summed E-state index contributed by atoms with van der Waals surface area (Å²) in [4.78, 5) is 26.2. The Morgan fingerprint density at radius 3 is 2.67 bits per heavy atom. The van der Waals surface area contributed by atoms with Crippen LogP contribution in [0.15, 0.2) is 28.7 Å². The van der Waals surface area contributed by atoms with Gasteiger partial charge in [-0.1, -0.05) is 28.9 Å². The van der Waals surface area contributed by atoms with Crippen LogP contribution in [-0.4, -0.2) is 36.3 Å². The molecule has 1 aromatic carbocycles. The molecule has 1 heterocycles. The maximum Gasteiger partial charge on any atom is 0.253 e. The van der Waals surface area contributed by atoms with Crippen molar-refractivity contribution in [3.8, 4) is 0 Å². The summed E-state index contributed by atoms with van der Waals surface area (Å²) in [7, 11) is 0. The molecule has 1 aliphatic rings. The van der Waals surface area contributed by atoms with Crippen LogP contribution in [0.3, 0.4) is 0 Å². The zero-order valence-corrected chi connectivity index (χ0v) is 13.9. The number of benzene rings is 1. The first kappa shape index (κ1) is 16.0. The van der Waals surface area contributed by atoms with Gasteiger partial charge in [0.1, 0.15) is 0 Å². The van der Waals surface area contributed by atoms with E-state index >= 15 is 0 Å². The highest BCUT2D eigenvalue weighted by Crippen LogP contribution is 2.20. The second-order valence-electron chi connectivity index (χ2n) is 5.37. The van der Waals surface area contributed by atoms with Gasteiger partial charge in [-0.05, 0) is 37.5 Å². The Hall–Kier alpha value is -1.36. The second-order valence-corrected chi connectivity index (χ2v) is 6.28. The molecule has 0 bridgehead atoms. The van der Waals surface area contributed by atoms with Gasteiger partial charge in [0.15, 0.2) is 0 Å². The summed E-state index contributed by atoms with van der Waals surface area (Å²) in [5, 5.41) is 2.94. The lowest BCUT2D eigenvalue weighted by atomic mass is 9.95. The molecule has 0 atom stereocenters. The monoisotopic (exact) mass is 352 g/mol. The largest absolute Gasteiger partial charge is 0.356 e. The number of halogens is 1. The minimum atomic E-state index is 0.0445. The predicted molar refractivity (Wildman–Crippen MR) is 86.1 cm³/mol. The van der Waals surface area contributed by atoms with Crippen molar-refractivity contribution in [1.82, 2.24) is 10.2 Å². The molecule has 114 valence electrons. The molecule has 0 radical (unpaired) electrons. The van der Waals surface area contributed by atoms with Crippen molar-refractivity contribution in [3.63, 3.8) is 0 Å². The number of hydrogen-bond acceptors (Lipinski definition) is 2. The van der Waals surface area contributed by atoms with Gasteiger partial charge in [-0.25, -0.2) is 0 Å². The molecule has 2 amide bonds. The number of likely N-dealkylation sites (tertiary alicyclic amines) is 1. The zero-order chi connectivity index (χ0) is 15.2. The van der Waals surface area contributed by atoms with E-state index in [4.69, 9.17) is 0 Å². The van der Waals surface area contributed by atoms with Crippen molar-refractivity contribution in [2.75, 3.05) is 19.6 Å². The molecule has 1 fully saturated rings. The summed E-state index contributed by atoms with van der Waals surface area (Å²) >= 11 is 3.38. The fourth-order valence-electron chi connectivity index (χ4n) is 2.54. The smallest absolute Gasteiger partial charge is 0.253 e. The number of rotatable bonds is 4. The van der Waals surface area contributed by atoms with Crippen molar-refractivity contribution >= 4 is 27.7 Å². The van der Waals surface area contributed by atoms with Gasteiger partial charge in [0.05, 0.1) is 0 Å². The first-order valence-corrected chi connectivity index (χ1v) is 8.23. The first-order valence-electron chi connectivity index (χ1n) is 7.44. The van der Waals surface area contributed by atoms with Gasteiger partial charge < -0.3 is 10.2 Å². The van der Waals surface area contributed by atoms with E-state index in [1.54, 1.807) is 0 Å². The Morgan fingerprint density at radius 2 is 2.05 bits per heavy atom. The third-order valence-corrected chi connectivity index (χ3v) is 4.27. The fourth-order valence-corrected chi connectivity index (χ4v) is 2.94. The molecule has 0 spiro atoms. The second kappa shape index (κ2) is 7.59. The Kier molecular flexibility index (Phi) is 5.79. The quantitative estimate of drug-likeness (QED) is 0.905. The molecule has 1 aliphatic heterocycles. The summed E-state index contributed by atoms with van der Waals surface area (Å²) in [5.41, 5.74) is 0.693. The molecular weight excluding hydrogens is 332 g/mol. The average Bonchev–Trinajstić information content (AvgIpc) is 2.52. The Bertz CT molecular complexity index is 511. The molecule has 0 aliphatic carbocycles. The first-order chi connectivity index (χ1) is 10.1. The third kappa shape index (κ3) is 4.30. The van der Waals surface area contributed by atoms with E-state index in [0.717, 1.165) is 30.3 Å². The van der Waals surface area contributed by atoms with Crippen LogP contribution in [0.5, 0.6) is 0 Å². The molecular formula is C16H21BrN2O2. The standard InChI is InChI=1S/C16H21BrN2O2/c1-2-8-18-15(20)12-6-9-19(10-7-12)16(21)13-4-3-5-14(17)11-13/h3-5,11-12H,2,6-10H2,1H3,(H,18,20). The van der Waals surface area contributed by atoms with E-state index in [1.165, 1.54) is 0 Å². The van der Waals surface area contributed by atoms with Crippen molar-refractivity contribution < 1.29 is 9.59 Å². The van der Waals surface area contributed by atoms with Gasteiger partial charge in [0.2, 0.25) is 5.91 Å². The number of piperidine rings is 1. The molecule has 4 nitrogen and oxygen atoms in total. The minimum Gasteiger partial charge on any atom is -0.356 e. The van der Waals surface area contributed by atoms with Crippen LogP contribution in [0.25, 0.3) is 0 Å². The fraction of sp³-hybridized carbons (Fsp3) is 0.500. The molecule has 21 heavy (non-hydrogen) atoms. The molecule has 0 aromatic heterocycles. The molecule has 2 rings (SSSR count). The normalized spacial score (nSPS) is 15.8. The third-order valence-electron chi connectivity index (χ3n) is 3.77. The van der Waals surface area contributed by atoms with Gasteiger partial charge in [0.25, 0.3) is 5.91 Å². The number of nitrogens with zero attached hydrogens (tertiary/aromatic N) is 1. The molecule has 1 aromatic rings. The van der Waals surface area contributed by atoms with Crippen molar-refractivity contribution in [3.05, 3.63) is 34.3 Å². The maximum absolute atomic E-state index is 12.4. The molecule has 0 unspecified atom stereocenters. The summed E-state index contributed by atoms with van der Waals surface area (Å²) in [6.07, 6.45) is 2.44. The summed E-state index contributed by atoms with van der Waals surface area (Å²) in [6, 6.07) is 7.43. The lowest BCUT2D eigenvalue weighted by Crippen LogP contribution is -2.43. The topological polar surface area (TPSA) is 49.4 Å². The summed E-state index contributed by atoms with van der Waals surface area (Å²) in [5.74, 6) is 0.221. The highest BCUT2D eigenvalue weighted by atomic mass is 79.9. The molecule has 5 heteroatoms. The van der Waals surface area contributed by atoms with E-state index in [0.29, 0.717) is 18.7 Å². The van der Waals surface area contributed by atoms with Crippen molar-refractivity contribution in [1.29, 1.82) is 0 Å². The van der Waals surface area contributed by atoms with Gasteiger partial charge in [-0.15, -0.1) is 0 Å². The van der Waals surface area contributed by atoms with E-state index in [2.05, 4.69) is 21.2 Å². The van der Waals surface area contributed by atoms with Crippen LogP contribution in [0.1, 0.15) is 36.5 Å². The van der Waals surface area contributed by atoms with Crippen LogP contribution < -0.4 is 5.32 Å². The van der Waals surface area contributed by atoms with Gasteiger partial charge in [0, 0.05) is 35.6 Å².